The predicted molar refractivity (Wildman–Crippen MR) is 146 cm³/mol. The Balaban J connectivity index is 1.49. The van der Waals surface area contributed by atoms with Gasteiger partial charge in [0.05, 0.1) is 17.3 Å². The lowest BCUT2D eigenvalue weighted by atomic mass is 10.0. The molecule has 5 aromatic rings. The number of aromatic nitrogens is 6. The molecule has 0 unspecified atom stereocenters. The average Bonchev–Trinajstić information content (AvgIpc) is 3.69. The number of nitrogen functional groups attached to an aromatic ring is 1. The van der Waals surface area contributed by atoms with E-state index in [4.69, 9.17) is 10.5 Å². The maximum atomic E-state index is 15.2. The summed E-state index contributed by atoms with van der Waals surface area (Å²) in [4.78, 5) is 38.7. The number of benzene rings is 2. The van der Waals surface area contributed by atoms with E-state index >= 15 is 4.39 Å². The number of nitrogens with zero attached hydrogens (tertiary/aromatic N) is 6. The van der Waals surface area contributed by atoms with Gasteiger partial charge in [0, 0.05) is 43.9 Å². The van der Waals surface area contributed by atoms with Crippen LogP contribution in [-0.4, -0.2) is 35.3 Å². The fraction of sp³-hybridized carbons (Fsp3) is 0.241. The minimum absolute atomic E-state index is 0.00102. The summed E-state index contributed by atoms with van der Waals surface area (Å²) in [6, 6.07) is 10.2. The van der Waals surface area contributed by atoms with Crippen molar-refractivity contribution in [2.24, 2.45) is 7.05 Å². The summed E-state index contributed by atoms with van der Waals surface area (Å²) in [6.45, 7) is 1.13. The number of carbonyl (C=O) groups excluding carboxylic acids is 1. The van der Waals surface area contributed by atoms with Crippen molar-refractivity contribution >= 4 is 22.7 Å². The van der Waals surface area contributed by atoms with Gasteiger partial charge >= 0.3 is 5.97 Å². The zero-order valence-corrected chi connectivity index (χ0v) is 22.0. The van der Waals surface area contributed by atoms with E-state index in [1.807, 2.05) is 19.3 Å². The molecule has 0 bridgehead atoms. The molecule has 3 aromatic heterocycles. The smallest absolute Gasteiger partial charge is 0.302 e. The number of rotatable bonds is 7. The molecule has 2 aromatic carbocycles. The Morgan fingerprint density at radius 1 is 1.18 bits per heavy atom. The molecule has 0 spiro atoms. The molecule has 40 heavy (non-hydrogen) atoms. The van der Waals surface area contributed by atoms with Crippen LogP contribution in [0.4, 0.5) is 10.3 Å². The van der Waals surface area contributed by atoms with Gasteiger partial charge in [-0.25, -0.2) is 9.37 Å². The van der Waals surface area contributed by atoms with Crippen molar-refractivity contribution < 1.29 is 13.9 Å². The molecule has 0 aliphatic heterocycles. The van der Waals surface area contributed by atoms with Crippen LogP contribution in [0.25, 0.3) is 27.8 Å². The van der Waals surface area contributed by atoms with Gasteiger partial charge < -0.3 is 10.5 Å². The first-order valence-electron chi connectivity index (χ1n) is 12.9. The molecule has 1 aliphatic carbocycles. The number of ether oxygens (including phenoxy) is 1. The Labute approximate surface area is 228 Å². The van der Waals surface area contributed by atoms with Crippen molar-refractivity contribution in [3.8, 4) is 17.1 Å². The molecule has 11 heteroatoms. The van der Waals surface area contributed by atoms with Crippen LogP contribution >= 0.6 is 0 Å². The van der Waals surface area contributed by atoms with Gasteiger partial charge in [-0.3, -0.25) is 18.8 Å². The molecule has 0 saturated heterocycles. The van der Waals surface area contributed by atoms with Gasteiger partial charge in [0.15, 0.2) is 5.82 Å². The first kappa shape index (κ1) is 25.4. The minimum Gasteiger partial charge on any atom is -0.461 e. The van der Waals surface area contributed by atoms with Crippen LogP contribution in [0.2, 0.25) is 0 Å². The second kappa shape index (κ2) is 9.99. The fourth-order valence-corrected chi connectivity index (χ4v) is 4.91. The van der Waals surface area contributed by atoms with Crippen LogP contribution in [0, 0.1) is 5.82 Å². The highest BCUT2D eigenvalue weighted by molar-refractivity contribution is 5.83. The van der Waals surface area contributed by atoms with Crippen LogP contribution in [-0.2, 0) is 29.6 Å². The highest BCUT2D eigenvalue weighted by Crippen LogP contribution is 2.41. The van der Waals surface area contributed by atoms with Crippen molar-refractivity contribution in [3.63, 3.8) is 0 Å². The van der Waals surface area contributed by atoms with Gasteiger partial charge in [-0.05, 0) is 53.5 Å². The van der Waals surface area contributed by atoms with Crippen LogP contribution < -0.4 is 11.3 Å². The summed E-state index contributed by atoms with van der Waals surface area (Å²) in [5, 5.41) is 4.72. The number of hydrogen-bond acceptors (Lipinski definition) is 8. The van der Waals surface area contributed by atoms with E-state index in [0.29, 0.717) is 40.4 Å². The van der Waals surface area contributed by atoms with Gasteiger partial charge in [0.2, 0.25) is 5.95 Å². The highest BCUT2D eigenvalue weighted by Gasteiger charge is 2.25. The van der Waals surface area contributed by atoms with E-state index in [0.717, 1.165) is 24.0 Å². The first-order chi connectivity index (χ1) is 19.3. The summed E-state index contributed by atoms with van der Waals surface area (Å²) in [5.41, 5.74) is 8.70. The van der Waals surface area contributed by atoms with Gasteiger partial charge in [-0.15, -0.1) is 0 Å². The normalized spacial score (nSPS) is 13.1. The minimum atomic E-state index is -0.554. The molecule has 0 atom stereocenters. The van der Waals surface area contributed by atoms with Crippen molar-refractivity contribution in [2.45, 2.75) is 38.7 Å². The van der Waals surface area contributed by atoms with Crippen molar-refractivity contribution in [2.75, 3.05) is 5.73 Å². The largest absolute Gasteiger partial charge is 0.461 e. The van der Waals surface area contributed by atoms with Gasteiger partial charge in [-0.1, -0.05) is 18.2 Å². The third-order valence-electron chi connectivity index (χ3n) is 6.92. The van der Waals surface area contributed by atoms with E-state index in [9.17, 15) is 9.59 Å². The third kappa shape index (κ3) is 4.93. The molecule has 6 rings (SSSR count). The van der Waals surface area contributed by atoms with E-state index in [1.165, 1.54) is 17.6 Å². The van der Waals surface area contributed by atoms with E-state index in [-0.39, 0.29) is 23.8 Å². The fourth-order valence-electron chi connectivity index (χ4n) is 4.91. The average molecular weight is 540 g/mol. The zero-order chi connectivity index (χ0) is 28.0. The molecule has 2 N–H and O–H groups in total. The number of halogens is 1. The van der Waals surface area contributed by atoms with Gasteiger partial charge in [-0.2, -0.15) is 15.1 Å². The predicted octanol–water partition coefficient (Wildman–Crippen LogP) is 3.83. The molecule has 10 nitrogen and oxygen atoms in total. The molecule has 1 saturated carbocycles. The Morgan fingerprint density at radius 2 is 2.00 bits per heavy atom. The Bertz CT molecular complexity index is 1840. The maximum Gasteiger partial charge on any atom is 0.302 e. The van der Waals surface area contributed by atoms with Crippen molar-refractivity contribution in [1.29, 1.82) is 0 Å². The second-order valence-electron chi connectivity index (χ2n) is 9.95. The summed E-state index contributed by atoms with van der Waals surface area (Å²) >= 11 is 0. The Kier molecular flexibility index (Phi) is 6.33. The van der Waals surface area contributed by atoms with E-state index < -0.39 is 17.3 Å². The van der Waals surface area contributed by atoms with Crippen molar-refractivity contribution in [3.05, 3.63) is 93.7 Å². The first-order valence-corrected chi connectivity index (χ1v) is 12.9. The number of aryl methyl sites for hydroxylation is 1. The third-order valence-corrected chi connectivity index (χ3v) is 6.92. The van der Waals surface area contributed by atoms with Crippen molar-refractivity contribution in [1.82, 2.24) is 29.3 Å². The van der Waals surface area contributed by atoms with Gasteiger partial charge in [0.25, 0.3) is 5.56 Å². The lowest BCUT2D eigenvalue weighted by molar-refractivity contribution is -0.142. The molecule has 1 aliphatic rings. The number of anilines is 1. The topological polar surface area (TPSA) is 131 Å². The Hall–Kier alpha value is -4.93. The molecular weight excluding hydrogens is 513 g/mol. The molecule has 1 fully saturated rings. The summed E-state index contributed by atoms with van der Waals surface area (Å²) in [7, 11) is 1.82. The van der Waals surface area contributed by atoms with Crippen LogP contribution in [0.3, 0.4) is 0 Å². The lowest BCUT2D eigenvalue weighted by Crippen LogP contribution is -2.21. The number of esters is 1. The number of fused-ring (bicyclic) bond motifs is 1. The zero-order valence-electron chi connectivity index (χ0n) is 22.0. The second-order valence-corrected chi connectivity index (χ2v) is 9.95. The number of hydrogen-bond donors (Lipinski definition) is 1. The van der Waals surface area contributed by atoms with E-state index in [2.05, 4.69) is 20.1 Å². The van der Waals surface area contributed by atoms with E-state index in [1.54, 1.807) is 41.3 Å². The quantitative estimate of drug-likeness (QED) is 0.309. The van der Waals surface area contributed by atoms with Crippen LogP contribution in [0.5, 0.6) is 0 Å². The number of nitrogens with two attached hydrogens (primary N) is 1. The summed E-state index contributed by atoms with van der Waals surface area (Å²) in [5.74, 6) is -0.00650. The molecule has 0 amide bonds. The number of pyridine rings is 1. The summed E-state index contributed by atoms with van der Waals surface area (Å²) in [6.07, 6.45) is 7.60. The SMILES string of the molecule is CC(=O)OCc1c(-c2nc(N)nc(Cc3cnn(C)c3)n2)cccc1-n1ccc2cc(C3CC3)cc(F)c2c1=O. The lowest BCUT2D eigenvalue weighted by Gasteiger charge is -2.17. The highest BCUT2D eigenvalue weighted by atomic mass is 19.1. The monoisotopic (exact) mass is 539 g/mol. The van der Waals surface area contributed by atoms with Gasteiger partial charge in [0.1, 0.15) is 18.2 Å². The molecule has 3 heterocycles. The number of carbonyl (C=O) groups is 1. The molecular formula is C29H26FN7O3. The Morgan fingerprint density at radius 3 is 2.73 bits per heavy atom. The standard InChI is InChI=1S/C29H26FN7O3/c1-16(38)40-15-22-21(27-33-25(34-29(31)35-27)10-17-13-32-36(2)14-17)4-3-5-24(22)37-9-8-19-11-20(18-6-7-18)12-23(30)26(19)28(37)39/h3-5,8-9,11-14,18H,6-7,10,15H2,1-2H3,(H2,31,33,34,35). The molecule has 0 radical (unpaired) electrons. The van der Waals surface area contributed by atoms with Crippen LogP contribution in [0.1, 0.15) is 48.2 Å². The van der Waals surface area contributed by atoms with Crippen LogP contribution in [0.15, 0.2) is 59.8 Å². The molecule has 202 valence electrons. The summed E-state index contributed by atoms with van der Waals surface area (Å²) < 4.78 is 23.6. The maximum absolute atomic E-state index is 15.2.